The van der Waals surface area contributed by atoms with Crippen LogP contribution in [0.15, 0.2) is 18.2 Å². The molecule has 2 amide bonds. The first kappa shape index (κ1) is 19.1. The minimum Gasteiger partial charge on any atom is -0.352 e. The van der Waals surface area contributed by atoms with E-state index in [0.717, 1.165) is 12.8 Å². The molecule has 5 heteroatoms. The number of benzene rings is 1. The van der Waals surface area contributed by atoms with E-state index in [2.05, 4.69) is 17.6 Å². The van der Waals surface area contributed by atoms with Gasteiger partial charge in [0.25, 0.3) is 5.91 Å². The van der Waals surface area contributed by atoms with Gasteiger partial charge >= 0.3 is 0 Å². The molecular formula is C18H27FN2O2. The minimum atomic E-state index is -0.587. The van der Waals surface area contributed by atoms with Crippen LogP contribution in [0.25, 0.3) is 0 Å². The highest BCUT2D eigenvalue weighted by atomic mass is 19.1. The van der Waals surface area contributed by atoms with Gasteiger partial charge in [0.2, 0.25) is 5.91 Å². The van der Waals surface area contributed by atoms with Crippen LogP contribution in [0.4, 0.5) is 10.1 Å². The average molecular weight is 322 g/mol. The molecule has 1 rings (SSSR count). The summed E-state index contributed by atoms with van der Waals surface area (Å²) in [7, 11) is 0. The number of rotatable bonds is 10. The summed E-state index contributed by atoms with van der Waals surface area (Å²) in [6.45, 7) is 4.09. The highest BCUT2D eigenvalue weighted by molar-refractivity contribution is 5.97. The molecule has 0 fully saturated rings. The maximum absolute atomic E-state index is 13.7. The van der Waals surface area contributed by atoms with Crippen LogP contribution in [0.3, 0.4) is 0 Å². The Morgan fingerprint density at radius 1 is 1.04 bits per heavy atom. The van der Waals surface area contributed by atoms with Gasteiger partial charge in [-0.05, 0) is 24.6 Å². The Bertz CT molecular complexity index is 518. The Labute approximate surface area is 137 Å². The molecule has 0 saturated heterocycles. The quantitative estimate of drug-likeness (QED) is 0.632. The zero-order valence-corrected chi connectivity index (χ0v) is 14.1. The number of unbranched alkanes of at least 4 members (excludes halogenated alkanes) is 6. The van der Waals surface area contributed by atoms with Gasteiger partial charge < -0.3 is 10.6 Å². The SMILES string of the molecule is CCCCCCCCCNC(=O)c1cc(NC(C)=O)ccc1F. The third-order valence-electron chi connectivity index (χ3n) is 3.60. The van der Waals surface area contributed by atoms with Crippen molar-refractivity contribution in [1.82, 2.24) is 5.32 Å². The van der Waals surface area contributed by atoms with Crippen LogP contribution in [0, 0.1) is 5.82 Å². The summed E-state index contributed by atoms with van der Waals surface area (Å²) in [5.74, 6) is -1.29. The van der Waals surface area contributed by atoms with Crippen LogP contribution in [-0.4, -0.2) is 18.4 Å². The number of anilines is 1. The molecule has 23 heavy (non-hydrogen) atoms. The lowest BCUT2D eigenvalue weighted by Crippen LogP contribution is -2.25. The van der Waals surface area contributed by atoms with E-state index in [0.29, 0.717) is 12.2 Å². The molecular weight excluding hydrogens is 295 g/mol. The molecule has 1 aromatic carbocycles. The number of amides is 2. The molecule has 0 saturated carbocycles. The van der Waals surface area contributed by atoms with E-state index >= 15 is 0 Å². The minimum absolute atomic E-state index is 0.0424. The second-order valence-electron chi connectivity index (χ2n) is 5.75. The fourth-order valence-corrected chi connectivity index (χ4v) is 2.36. The second kappa shape index (κ2) is 10.8. The zero-order chi connectivity index (χ0) is 17.1. The summed E-state index contributed by atoms with van der Waals surface area (Å²) < 4.78 is 13.7. The van der Waals surface area contributed by atoms with Crippen molar-refractivity contribution in [2.45, 2.75) is 58.8 Å². The summed E-state index contributed by atoms with van der Waals surface area (Å²) in [5, 5.41) is 5.27. The van der Waals surface area contributed by atoms with Crippen LogP contribution in [0.1, 0.15) is 69.2 Å². The maximum Gasteiger partial charge on any atom is 0.254 e. The first-order valence-corrected chi connectivity index (χ1v) is 8.40. The van der Waals surface area contributed by atoms with Crippen molar-refractivity contribution in [2.75, 3.05) is 11.9 Å². The van der Waals surface area contributed by atoms with Crippen LogP contribution in [0.2, 0.25) is 0 Å². The molecule has 1 aromatic rings. The number of carbonyl (C=O) groups is 2. The molecule has 0 spiro atoms. The molecule has 0 unspecified atom stereocenters. The van der Waals surface area contributed by atoms with E-state index in [-0.39, 0.29) is 11.5 Å². The Hall–Kier alpha value is -1.91. The largest absolute Gasteiger partial charge is 0.352 e. The second-order valence-corrected chi connectivity index (χ2v) is 5.75. The molecule has 0 aliphatic heterocycles. The summed E-state index contributed by atoms with van der Waals surface area (Å²) in [6.07, 6.45) is 8.14. The van der Waals surface area contributed by atoms with E-state index in [1.54, 1.807) is 0 Å². The van der Waals surface area contributed by atoms with E-state index < -0.39 is 11.7 Å². The molecule has 0 atom stereocenters. The van der Waals surface area contributed by atoms with Crippen molar-refractivity contribution in [2.24, 2.45) is 0 Å². The average Bonchev–Trinajstić information content (AvgIpc) is 2.51. The monoisotopic (exact) mass is 322 g/mol. The third kappa shape index (κ3) is 7.77. The first-order valence-electron chi connectivity index (χ1n) is 8.40. The lowest BCUT2D eigenvalue weighted by molar-refractivity contribution is -0.114. The lowest BCUT2D eigenvalue weighted by atomic mass is 10.1. The molecule has 0 heterocycles. The van der Waals surface area contributed by atoms with Gasteiger partial charge in [0.1, 0.15) is 5.82 Å². The molecule has 0 radical (unpaired) electrons. The van der Waals surface area contributed by atoms with E-state index in [1.165, 1.54) is 57.2 Å². The molecule has 4 nitrogen and oxygen atoms in total. The fourth-order valence-electron chi connectivity index (χ4n) is 2.36. The van der Waals surface area contributed by atoms with Crippen molar-refractivity contribution in [1.29, 1.82) is 0 Å². The van der Waals surface area contributed by atoms with Crippen molar-refractivity contribution in [3.05, 3.63) is 29.6 Å². The number of hydrogen-bond acceptors (Lipinski definition) is 2. The third-order valence-corrected chi connectivity index (χ3v) is 3.60. The van der Waals surface area contributed by atoms with Gasteiger partial charge in [0.05, 0.1) is 5.56 Å². The molecule has 0 aromatic heterocycles. The highest BCUT2D eigenvalue weighted by Crippen LogP contribution is 2.15. The number of nitrogens with one attached hydrogen (secondary N) is 2. The van der Waals surface area contributed by atoms with Gasteiger partial charge in [-0.3, -0.25) is 9.59 Å². The predicted octanol–water partition coefficient (Wildman–Crippen LogP) is 4.26. The number of halogens is 1. The van der Waals surface area contributed by atoms with E-state index in [1.807, 2.05) is 0 Å². The molecule has 0 bridgehead atoms. The van der Waals surface area contributed by atoms with Gasteiger partial charge in [0.15, 0.2) is 0 Å². The Kier molecular flexibility index (Phi) is 8.95. The zero-order valence-electron chi connectivity index (χ0n) is 14.1. The fraction of sp³-hybridized carbons (Fsp3) is 0.556. The van der Waals surface area contributed by atoms with Gasteiger partial charge in [-0.25, -0.2) is 4.39 Å². The number of carbonyl (C=O) groups excluding carboxylic acids is 2. The maximum atomic E-state index is 13.7. The topological polar surface area (TPSA) is 58.2 Å². The van der Waals surface area contributed by atoms with Crippen molar-refractivity contribution in [3.8, 4) is 0 Å². The van der Waals surface area contributed by atoms with Crippen LogP contribution < -0.4 is 10.6 Å². The van der Waals surface area contributed by atoms with E-state index in [4.69, 9.17) is 0 Å². The summed E-state index contributed by atoms with van der Waals surface area (Å²) in [4.78, 5) is 23.0. The Morgan fingerprint density at radius 3 is 2.35 bits per heavy atom. The normalized spacial score (nSPS) is 10.4. The number of hydrogen-bond donors (Lipinski definition) is 2. The molecule has 0 aliphatic rings. The lowest BCUT2D eigenvalue weighted by Gasteiger charge is -2.08. The van der Waals surface area contributed by atoms with Crippen molar-refractivity contribution in [3.63, 3.8) is 0 Å². The smallest absolute Gasteiger partial charge is 0.254 e. The Balaban J connectivity index is 2.35. The Morgan fingerprint density at radius 2 is 1.70 bits per heavy atom. The summed E-state index contributed by atoms with van der Waals surface area (Å²) in [5.41, 5.74) is 0.374. The van der Waals surface area contributed by atoms with Crippen LogP contribution in [0.5, 0.6) is 0 Å². The highest BCUT2D eigenvalue weighted by Gasteiger charge is 2.12. The molecule has 2 N–H and O–H groups in total. The van der Waals surface area contributed by atoms with Gasteiger partial charge in [-0.2, -0.15) is 0 Å². The van der Waals surface area contributed by atoms with Crippen LogP contribution in [-0.2, 0) is 4.79 Å². The summed E-state index contributed by atoms with van der Waals surface area (Å²) >= 11 is 0. The van der Waals surface area contributed by atoms with Crippen molar-refractivity contribution < 1.29 is 14.0 Å². The van der Waals surface area contributed by atoms with Gasteiger partial charge in [0, 0.05) is 19.2 Å². The van der Waals surface area contributed by atoms with Gasteiger partial charge in [-0.1, -0.05) is 45.4 Å². The molecule has 0 aliphatic carbocycles. The van der Waals surface area contributed by atoms with Crippen molar-refractivity contribution >= 4 is 17.5 Å². The standard InChI is InChI=1S/C18H27FN2O2/c1-3-4-5-6-7-8-9-12-20-18(23)16-13-15(21-14(2)22)10-11-17(16)19/h10-11,13H,3-9,12H2,1-2H3,(H,20,23)(H,21,22). The van der Waals surface area contributed by atoms with E-state index in [9.17, 15) is 14.0 Å². The van der Waals surface area contributed by atoms with Gasteiger partial charge in [-0.15, -0.1) is 0 Å². The van der Waals surface area contributed by atoms with Crippen LogP contribution >= 0.6 is 0 Å². The first-order chi connectivity index (χ1) is 11.0. The summed E-state index contributed by atoms with van der Waals surface area (Å²) in [6, 6.07) is 3.98. The predicted molar refractivity (Wildman–Crippen MR) is 91.0 cm³/mol. The molecule has 128 valence electrons.